The van der Waals surface area contributed by atoms with E-state index >= 15 is 0 Å². The fraction of sp³-hybridized carbons (Fsp3) is 0.600. The Morgan fingerprint density at radius 3 is 2.35 bits per heavy atom. The Kier molecular flexibility index (Phi) is 7.36. The normalized spacial score (nSPS) is 14.1. The smallest absolute Gasteiger partial charge is 0.119 e. The summed E-state index contributed by atoms with van der Waals surface area (Å²) >= 11 is 0. The van der Waals surface area contributed by atoms with Gasteiger partial charge in [-0.1, -0.05) is 0 Å². The van der Waals surface area contributed by atoms with E-state index in [1.807, 2.05) is 38.4 Å². The van der Waals surface area contributed by atoms with Gasteiger partial charge < -0.3 is 24.8 Å². The number of hydrogen-bond donors (Lipinski definition) is 2. The number of rotatable bonds is 9. The van der Waals surface area contributed by atoms with Crippen molar-refractivity contribution < 1.29 is 14.6 Å². The van der Waals surface area contributed by atoms with Crippen molar-refractivity contribution in [1.82, 2.24) is 10.2 Å². The maximum absolute atomic E-state index is 9.87. The Hall–Kier alpha value is -1.30. The average Bonchev–Trinajstić information content (AvgIpc) is 2.42. The number of methoxy groups -OCH3 is 1. The molecule has 0 spiro atoms. The molecule has 0 heterocycles. The number of hydrogen-bond acceptors (Lipinski definition) is 5. The number of aliphatic hydroxyl groups excluding tert-OH is 1. The first kappa shape index (κ1) is 16.8. The molecule has 1 aromatic rings. The van der Waals surface area contributed by atoms with Crippen LogP contribution in [0, 0.1) is 0 Å². The van der Waals surface area contributed by atoms with Crippen molar-refractivity contribution in [2.24, 2.45) is 0 Å². The highest BCUT2D eigenvalue weighted by Gasteiger charge is 2.08. The quantitative estimate of drug-likeness (QED) is 0.707. The van der Waals surface area contributed by atoms with Gasteiger partial charge >= 0.3 is 0 Å². The summed E-state index contributed by atoms with van der Waals surface area (Å²) in [4.78, 5) is 2.11. The van der Waals surface area contributed by atoms with Gasteiger partial charge in [0.05, 0.1) is 7.11 Å². The minimum Gasteiger partial charge on any atom is -0.497 e. The molecule has 0 aliphatic carbocycles. The molecule has 114 valence electrons. The van der Waals surface area contributed by atoms with Crippen LogP contribution in [0.1, 0.15) is 6.92 Å². The molecule has 0 aliphatic heterocycles. The number of nitrogens with zero attached hydrogens (tertiary/aromatic N) is 1. The van der Waals surface area contributed by atoms with Gasteiger partial charge in [-0.25, -0.2) is 0 Å². The van der Waals surface area contributed by atoms with Crippen LogP contribution in [-0.4, -0.2) is 63.1 Å². The lowest BCUT2D eigenvalue weighted by atomic mass is 10.3. The third kappa shape index (κ3) is 6.75. The molecule has 0 saturated heterocycles. The Morgan fingerprint density at radius 1 is 1.20 bits per heavy atom. The first-order valence-corrected chi connectivity index (χ1v) is 6.84. The second-order valence-electron chi connectivity index (χ2n) is 5.21. The zero-order valence-electron chi connectivity index (χ0n) is 12.8. The summed E-state index contributed by atoms with van der Waals surface area (Å²) in [6, 6.07) is 7.65. The summed E-state index contributed by atoms with van der Waals surface area (Å²) in [6.45, 7) is 3.82. The van der Waals surface area contributed by atoms with Gasteiger partial charge in [-0.15, -0.1) is 0 Å². The molecule has 0 radical (unpaired) electrons. The van der Waals surface area contributed by atoms with Crippen molar-refractivity contribution in [3.05, 3.63) is 24.3 Å². The van der Waals surface area contributed by atoms with E-state index in [1.54, 1.807) is 7.11 Å². The standard InChI is InChI=1S/C15H26N2O3/c1-12(10-17(2)3)16-9-13(18)11-20-15-7-5-14(19-4)6-8-15/h5-8,12-13,16,18H,9-11H2,1-4H3. The van der Waals surface area contributed by atoms with E-state index in [4.69, 9.17) is 9.47 Å². The van der Waals surface area contributed by atoms with Crippen LogP contribution in [0.15, 0.2) is 24.3 Å². The second kappa shape index (κ2) is 8.79. The molecular weight excluding hydrogens is 256 g/mol. The van der Waals surface area contributed by atoms with Crippen molar-refractivity contribution in [1.29, 1.82) is 0 Å². The molecule has 5 heteroatoms. The summed E-state index contributed by atoms with van der Waals surface area (Å²) in [6.07, 6.45) is -0.526. The van der Waals surface area contributed by atoms with E-state index in [0.717, 1.165) is 18.0 Å². The molecular formula is C15H26N2O3. The molecule has 0 saturated carbocycles. The molecule has 2 N–H and O–H groups in total. The summed E-state index contributed by atoms with van der Waals surface area (Å²) < 4.78 is 10.6. The van der Waals surface area contributed by atoms with E-state index in [2.05, 4.69) is 17.1 Å². The van der Waals surface area contributed by atoms with Crippen LogP contribution in [-0.2, 0) is 0 Å². The van der Waals surface area contributed by atoms with Crippen molar-refractivity contribution in [3.63, 3.8) is 0 Å². The van der Waals surface area contributed by atoms with Gasteiger partial charge in [0, 0.05) is 19.1 Å². The number of aliphatic hydroxyl groups is 1. The molecule has 0 aromatic heterocycles. The number of benzene rings is 1. The third-order valence-corrected chi connectivity index (χ3v) is 2.84. The first-order valence-electron chi connectivity index (χ1n) is 6.84. The van der Waals surface area contributed by atoms with Gasteiger partial charge in [0.15, 0.2) is 0 Å². The first-order chi connectivity index (χ1) is 9.51. The zero-order chi connectivity index (χ0) is 15.0. The van der Waals surface area contributed by atoms with Gasteiger partial charge in [0.25, 0.3) is 0 Å². The molecule has 2 atom stereocenters. The van der Waals surface area contributed by atoms with Gasteiger partial charge in [0.2, 0.25) is 0 Å². The summed E-state index contributed by atoms with van der Waals surface area (Å²) in [7, 11) is 5.68. The SMILES string of the molecule is COc1ccc(OCC(O)CNC(C)CN(C)C)cc1. The van der Waals surface area contributed by atoms with Crippen LogP contribution in [0.5, 0.6) is 11.5 Å². The van der Waals surface area contributed by atoms with Crippen molar-refractivity contribution in [3.8, 4) is 11.5 Å². The summed E-state index contributed by atoms with van der Waals surface area (Å²) in [5, 5.41) is 13.1. The number of likely N-dealkylation sites (N-methyl/N-ethyl adjacent to an activating group) is 1. The van der Waals surface area contributed by atoms with Crippen molar-refractivity contribution in [2.75, 3.05) is 40.9 Å². The second-order valence-corrected chi connectivity index (χ2v) is 5.21. The van der Waals surface area contributed by atoms with Crippen molar-refractivity contribution >= 4 is 0 Å². The van der Waals surface area contributed by atoms with E-state index < -0.39 is 6.10 Å². The molecule has 1 rings (SSSR count). The minimum atomic E-state index is -0.526. The molecule has 0 aliphatic rings. The Balaban J connectivity index is 2.23. The summed E-state index contributed by atoms with van der Waals surface area (Å²) in [5.41, 5.74) is 0. The number of nitrogens with one attached hydrogen (secondary N) is 1. The zero-order valence-corrected chi connectivity index (χ0v) is 12.8. The van der Waals surface area contributed by atoms with E-state index in [-0.39, 0.29) is 6.61 Å². The summed E-state index contributed by atoms with van der Waals surface area (Å²) in [5.74, 6) is 1.52. The highest BCUT2D eigenvalue weighted by Crippen LogP contribution is 2.16. The van der Waals surface area contributed by atoms with Gasteiger partial charge in [0.1, 0.15) is 24.2 Å². The maximum atomic E-state index is 9.87. The van der Waals surface area contributed by atoms with Crippen LogP contribution in [0.4, 0.5) is 0 Å². The van der Waals surface area contributed by atoms with Gasteiger partial charge in [-0.2, -0.15) is 0 Å². The average molecular weight is 282 g/mol. The Bertz CT molecular complexity index is 368. The number of ether oxygens (including phenoxy) is 2. The van der Waals surface area contributed by atoms with Crippen LogP contribution >= 0.6 is 0 Å². The van der Waals surface area contributed by atoms with Crippen LogP contribution < -0.4 is 14.8 Å². The molecule has 20 heavy (non-hydrogen) atoms. The maximum Gasteiger partial charge on any atom is 0.119 e. The molecule has 1 aromatic carbocycles. The predicted molar refractivity (Wildman–Crippen MR) is 80.5 cm³/mol. The Labute approximate surface area is 121 Å². The van der Waals surface area contributed by atoms with Crippen molar-refractivity contribution in [2.45, 2.75) is 19.1 Å². The monoisotopic (exact) mass is 282 g/mol. The lowest BCUT2D eigenvalue weighted by Crippen LogP contribution is -2.41. The van der Waals surface area contributed by atoms with E-state index in [1.165, 1.54) is 0 Å². The van der Waals surface area contributed by atoms with E-state index in [9.17, 15) is 5.11 Å². The fourth-order valence-corrected chi connectivity index (χ4v) is 1.87. The van der Waals surface area contributed by atoms with Crippen LogP contribution in [0.2, 0.25) is 0 Å². The Morgan fingerprint density at radius 2 is 1.80 bits per heavy atom. The highest BCUT2D eigenvalue weighted by atomic mass is 16.5. The lowest BCUT2D eigenvalue weighted by Gasteiger charge is -2.20. The predicted octanol–water partition coefficient (Wildman–Crippen LogP) is 0.975. The topological polar surface area (TPSA) is 54.0 Å². The molecule has 0 bridgehead atoms. The molecule has 0 amide bonds. The van der Waals surface area contributed by atoms with Crippen LogP contribution in [0.25, 0.3) is 0 Å². The molecule has 0 fully saturated rings. The van der Waals surface area contributed by atoms with Gasteiger partial charge in [-0.3, -0.25) is 0 Å². The highest BCUT2D eigenvalue weighted by molar-refractivity contribution is 5.31. The lowest BCUT2D eigenvalue weighted by molar-refractivity contribution is 0.103. The van der Waals surface area contributed by atoms with Crippen LogP contribution in [0.3, 0.4) is 0 Å². The molecule has 5 nitrogen and oxygen atoms in total. The van der Waals surface area contributed by atoms with E-state index in [0.29, 0.717) is 12.6 Å². The minimum absolute atomic E-state index is 0.272. The largest absolute Gasteiger partial charge is 0.497 e. The third-order valence-electron chi connectivity index (χ3n) is 2.84. The molecule has 2 unspecified atom stereocenters. The fourth-order valence-electron chi connectivity index (χ4n) is 1.87. The van der Waals surface area contributed by atoms with Gasteiger partial charge in [-0.05, 0) is 45.3 Å².